The van der Waals surface area contributed by atoms with E-state index >= 15 is 4.39 Å². The summed E-state index contributed by atoms with van der Waals surface area (Å²) in [6.07, 6.45) is 3.54. The van der Waals surface area contributed by atoms with Crippen molar-refractivity contribution in [2.24, 2.45) is 5.73 Å². The Labute approximate surface area is 199 Å². The number of nitrogen functional groups attached to an aromatic ring is 1. The molecule has 3 aromatic rings. The van der Waals surface area contributed by atoms with Crippen molar-refractivity contribution in [3.8, 4) is 17.0 Å². The summed E-state index contributed by atoms with van der Waals surface area (Å²) in [5, 5.41) is 6.74. The number of methoxy groups -OCH3 is 1. The van der Waals surface area contributed by atoms with Gasteiger partial charge in [0.25, 0.3) is 11.8 Å². The summed E-state index contributed by atoms with van der Waals surface area (Å²) < 4.78 is 50.1. The predicted molar refractivity (Wildman–Crippen MR) is 122 cm³/mol. The SMILES string of the molecule is COc1ccc(F)cc1C(=O)NCc1cc(F)c(-c2nn(C3CCCC3)c(N)c2C(N)=O)cc1F. The molecule has 1 heterocycles. The Morgan fingerprint density at radius 1 is 1.14 bits per heavy atom. The number of carbonyl (C=O) groups is 2. The van der Waals surface area contributed by atoms with Gasteiger partial charge in [-0.3, -0.25) is 9.59 Å². The molecule has 35 heavy (non-hydrogen) atoms. The molecule has 0 saturated heterocycles. The quantitative estimate of drug-likeness (QED) is 0.469. The van der Waals surface area contributed by atoms with Gasteiger partial charge >= 0.3 is 0 Å². The zero-order chi connectivity index (χ0) is 25.3. The van der Waals surface area contributed by atoms with Crippen LogP contribution in [0.15, 0.2) is 30.3 Å². The molecule has 1 aromatic heterocycles. The summed E-state index contributed by atoms with van der Waals surface area (Å²) in [6.45, 7) is -0.386. The van der Waals surface area contributed by atoms with E-state index in [1.807, 2.05) is 0 Å². The normalized spacial score (nSPS) is 13.7. The van der Waals surface area contributed by atoms with Crippen LogP contribution in [0.5, 0.6) is 5.75 Å². The third kappa shape index (κ3) is 4.66. The monoisotopic (exact) mass is 487 g/mol. The van der Waals surface area contributed by atoms with Crippen LogP contribution in [-0.4, -0.2) is 28.7 Å². The summed E-state index contributed by atoms with van der Waals surface area (Å²) in [6, 6.07) is 5.11. The summed E-state index contributed by atoms with van der Waals surface area (Å²) in [4.78, 5) is 24.6. The van der Waals surface area contributed by atoms with Crippen LogP contribution in [0.3, 0.4) is 0 Å². The fraction of sp³-hybridized carbons (Fsp3) is 0.292. The minimum Gasteiger partial charge on any atom is -0.496 e. The summed E-state index contributed by atoms with van der Waals surface area (Å²) in [5.41, 5.74) is 10.7. The first-order chi connectivity index (χ1) is 16.7. The summed E-state index contributed by atoms with van der Waals surface area (Å²) in [7, 11) is 1.32. The summed E-state index contributed by atoms with van der Waals surface area (Å²) >= 11 is 0. The van der Waals surface area contributed by atoms with Crippen LogP contribution < -0.4 is 21.5 Å². The minimum absolute atomic E-state index is 0.0135. The highest BCUT2D eigenvalue weighted by Gasteiger charge is 2.29. The molecule has 0 aliphatic heterocycles. The van der Waals surface area contributed by atoms with Gasteiger partial charge in [0.2, 0.25) is 0 Å². The molecule has 11 heteroatoms. The first kappa shape index (κ1) is 24.1. The van der Waals surface area contributed by atoms with Gasteiger partial charge in [-0.2, -0.15) is 5.10 Å². The maximum Gasteiger partial charge on any atom is 0.255 e. The number of nitrogens with two attached hydrogens (primary N) is 2. The number of halogens is 3. The van der Waals surface area contributed by atoms with Crippen LogP contribution in [-0.2, 0) is 6.54 Å². The van der Waals surface area contributed by atoms with E-state index in [2.05, 4.69) is 10.4 Å². The standard InChI is InChI=1S/C24H24F3N5O3/c1-35-19-7-6-13(25)9-16(19)24(34)30-11-12-8-18(27)15(10-17(12)26)21-20(23(29)33)22(28)32(31-21)14-4-2-3-5-14/h6-10,14H,2-5,11,28H2,1H3,(H2,29,33)(H,30,34). The Morgan fingerprint density at radius 3 is 2.51 bits per heavy atom. The molecular formula is C24H24F3N5O3. The van der Waals surface area contributed by atoms with Crippen LogP contribution in [0.2, 0.25) is 0 Å². The van der Waals surface area contributed by atoms with E-state index in [-0.39, 0.29) is 52.1 Å². The number of ether oxygens (including phenoxy) is 1. The lowest BCUT2D eigenvalue weighted by molar-refractivity contribution is 0.0945. The zero-order valence-corrected chi connectivity index (χ0v) is 18.9. The second kappa shape index (κ2) is 9.69. The van der Waals surface area contributed by atoms with Gasteiger partial charge in [0.15, 0.2) is 0 Å². The highest BCUT2D eigenvalue weighted by Crippen LogP contribution is 2.36. The third-order valence-corrected chi connectivity index (χ3v) is 6.10. The van der Waals surface area contributed by atoms with E-state index < -0.39 is 29.3 Å². The van der Waals surface area contributed by atoms with E-state index in [4.69, 9.17) is 16.2 Å². The number of rotatable bonds is 7. The van der Waals surface area contributed by atoms with Gasteiger partial charge in [0.05, 0.1) is 18.7 Å². The Morgan fingerprint density at radius 2 is 1.86 bits per heavy atom. The average molecular weight is 487 g/mol. The molecule has 5 N–H and O–H groups in total. The number of benzene rings is 2. The van der Waals surface area contributed by atoms with Gasteiger partial charge in [-0.05, 0) is 43.2 Å². The highest BCUT2D eigenvalue weighted by molar-refractivity contribution is 6.03. The number of nitrogens with one attached hydrogen (secondary N) is 1. The molecule has 2 amide bonds. The number of hydrogen-bond donors (Lipinski definition) is 3. The van der Waals surface area contributed by atoms with E-state index in [0.717, 1.165) is 49.9 Å². The van der Waals surface area contributed by atoms with Crippen LogP contribution in [0, 0.1) is 17.5 Å². The van der Waals surface area contributed by atoms with E-state index in [1.54, 1.807) is 0 Å². The van der Waals surface area contributed by atoms with Crippen LogP contribution in [0.1, 0.15) is 58.0 Å². The highest BCUT2D eigenvalue weighted by atomic mass is 19.1. The average Bonchev–Trinajstić information content (AvgIpc) is 3.46. The lowest BCUT2D eigenvalue weighted by Gasteiger charge is -2.12. The Bertz CT molecular complexity index is 1300. The molecule has 1 aliphatic carbocycles. The lowest BCUT2D eigenvalue weighted by Crippen LogP contribution is -2.24. The Balaban J connectivity index is 1.63. The number of anilines is 1. The molecule has 1 saturated carbocycles. The van der Waals surface area contributed by atoms with E-state index in [0.29, 0.717) is 0 Å². The first-order valence-corrected chi connectivity index (χ1v) is 11.0. The molecule has 2 aromatic carbocycles. The smallest absolute Gasteiger partial charge is 0.255 e. The topological polar surface area (TPSA) is 125 Å². The van der Waals surface area contributed by atoms with Gasteiger partial charge in [-0.1, -0.05) is 12.8 Å². The fourth-order valence-corrected chi connectivity index (χ4v) is 4.34. The van der Waals surface area contributed by atoms with Crippen LogP contribution in [0.25, 0.3) is 11.3 Å². The van der Waals surface area contributed by atoms with Crippen LogP contribution >= 0.6 is 0 Å². The van der Waals surface area contributed by atoms with E-state index in [9.17, 15) is 18.4 Å². The maximum atomic E-state index is 15.1. The molecule has 0 bridgehead atoms. The fourth-order valence-electron chi connectivity index (χ4n) is 4.34. The second-order valence-electron chi connectivity index (χ2n) is 8.31. The molecule has 0 unspecified atom stereocenters. The number of hydrogen-bond acceptors (Lipinski definition) is 5. The number of amides is 2. The van der Waals surface area contributed by atoms with Gasteiger partial charge in [0, 0.05) is 17.7 Å². The van der Waals surface area contributed by atoms with Gasteiger partial charge < -0.3 is 21.5 Å². The van der Waals surface area contributed by atoms with Crippen molar-refractivity contribution >= 4 is 17.6 Å². The molecule has 1 fully saturated rings. The summed E-state index contributed by atoms with van der Waals surface area (Å²) in [5.74, 6) is -3.87. The van der Waals surface area contributed by atoms with Gasteiger partial charge in [-0.25, -0.2) is 17.9 Å². The number of carbonyl (C=O) groups excluding carboxylic acids is 2. The van der Waals surface area contributed by atoms with Crippen molar-refractivity contribution in [3.05, 3.63) is 64.5 Å². The van der Waals surface area contributed by atoms with Crippen molar-refractivity contribution in [2.75, 3.05) is 12.8 Å². The van der Waals surface area contributed by atoms with Gasteiger partial charge in [-0.15, -0.1) is 0 Å². The lowest BCUT2D eigenvalue weighted by atomic mass is 10.0. The molecule has 0 atom stereocenters. The Kier molecular flexibility index (Phi) is 6.68. The second-order valence-corrected chi connectivity index (χ2v) is 8.31. The zero-order valence-electron chi connectivity index (χ0n) is 18.9. The molecule has 184 valence electrons. The van der Waals surface area contributed by atoms with E-state index in [1.165, 1.54) is 17.9 Å². The number of primary amides is 1. The molecule has 8 nitrogen and oxygen atoms in total. The molecular weight excluding hydrogens is 463 g/mol. The van der Waals surface area contributed by atoms with Crippen molar-refractivity contribution in [1.29, 1.82) is 0 Å². The Hall–Kier alpha value is -4.02. The van der Waals surface area contributed by atoms with Crippen molar-refractivity contribution in [2.45, 2.75) is 38.3 Å². The minimum atomic E-state index is -0.901. The van der Waals surface area contributed by atoms with Crippen LogP contribution in [0.4, 0.5) is 19.0 Å². The molecule has 0 radical (unpaired) electrons. The maximum absolute atomic E-state index is 15.1. The molecule has 1 aliphatic rings. The molecule has 4 rings (SSSR count). The van der Waals surface area contributed by atoms with Crippen molar-refractivity contribution in [1.82, 2.24) is 15.1 Å². The largest absolute Gasteiger partial charge is 0.496 e. The van der Waals surface area contributed by atoms with Crippen molar-refractivity contribution < 1.29 is 27.5 Å². The predicted octanol–water partition coefficient (Wildman–Crippen LogP) is 3.70. The molecule has 0 spiro atoms. The third-order valence-electron chi connectivity index (χ3n) is 6.10. The first-order valence-electron chi connectivity index (χ1n) is 11.0. The number of nitrogens with zero attached hydrogens (tertiary/aromatic N) is 2. The van der Waals surface area contributed by atoms with Crippen molar-refractivity contribution in [3.63, 3.8) is 0 Å². The number of aromatic nitrogens is 2. The van der Waals surface area contributed by atoms with Gasteiger partial charge in [0.1, 0.15) is 40.3 Å².